The minimum absolute atomic E-state index is 0.111. The first-order chi connectivity index (χ1) is 8.18. The van der Waals surface area contributed by atoms with Gasteiger partial charge in [0.05, 0.1) is 17.7 Å². The molecule has 5 nitrogen and oxygen atoms in total. The Morgan fingerprint density at radius 2 is 2.18 bits per heavy atom. The molecule has 6 heteroatoms. The molecule has 2 aromatic rings. The minimum Gasteiger partial charge on any atom is -0.467 e. The molecule has 0 fully saturated rings. The van der Waals surface area contributed by atoms with Gasteiger partial charge in [0.25, 0.3) is 0 Å². The van der Waals surface area contributed by atoms with Crippen molar-refractivity contribution >= 4 is 23.0 Å². The van der Waals surface area contributed by atoms with Crippen LogP contribution in [-0.4, -0.2) is 4.92 Å². The van der Waals surface area contributed by atoms with E-state index in [-0.39, 0.29) is 10.7 Å². The van der Waals surface area contributed by atoms with E-state index in [9.17, 15) is 10.1 Å². The number of benzene rings is 1. The molecule has 0 aliphatic rings. The summed E-state index contributed by atoms with van der Waals surface area (Å²) in [7, 11) is 0. The van der Waals surface area contributed by atoms with Gasteiger partial charge in [-0.25, -0.2) is 0 Å². The molecule has 1 aromatic heterocycles. The van der Waals surface area contributed by atoms with Crippen LogP contribution in [0.4, 0.5) is 11.4 Å². The summed E-state index contributed by atoms with van der Waals surface area (Å²) in [5.74, 6) is 0.694. The standard InChI is InChI=1S/C11H9ClN2O3/c12-9-4-1-5-10(11(9)14(15)16)13-7-8-3-2-6-17-8/h1-6,13H,7H2. The highest BCUT2D eigenvalue weighted by molar-refractivity contribution is 6.33. The van der Waals surface area contributed by atoms with Gasteiger partial charge in [-0.1, -0.05) is 17.7 Å². The van der Waals surface area contributed by atoms with Gasteiger partial charge in [-0.05, 0) is 24.3 Å². The van der Waals surface area contributed by atoms with Gasteiger partial charge in [-0.15, -0.1) is 0 Å². The maximum absolute atomic E-state index is 10.9. The van der Waals surface area contributed by atoms with Crippen molar-refractivity contribution in [2.75, 3.05) is 5.32 Å². The van der Waals surface area contributed by atoms with Gasteiger partial charge < -0.3 is 9.73 Å². The van der Waals surface area contributed by atoms with E-state index >= 15 is 0 Å². The van der Waals surface area contributed by atoms with E-state index in [0.29, 0.717) is 18.0 Å². The zero-order valence-corrected chi connectivity index (χ0v) is 9.48. The van der Waals surface area contributed by atoms with Crippen molar-refractivity contribution in [3.05, 3.63) is 57.5 Å². The van der Waals surface area contributed by atoms with E-state index in [1.807, 2.05) is 0 Å². The Morgan fingerprint density at radius 3 is 2.82 bits per heavy atom. The lowest BCUT2D eigenvalue weighted by Gasteiger charge is -2.06. The molecule has 0 aliphatic carbocycles. The number of hydrogen-bond acceptors (Lipinski definition) is 4. The quantitative estimate of drug-likeness (QED) is 0.668. The van der Waals surface area contributed by atoms with E-state index < -0.39 is 4.92 Å². The van der Waals surface area contributed by atoms with Crippen LogP contribution in [0.1, 0.15) is 5.76 Å². The van der Waals surface area contributed by atoms with Crippen molar-refractivity contribution in [3.8, 4) is 0 Å². The summed E-state index contributed by atoms with van der Waals surface area (Å²) in [6.45, 7) is 0.369. The number of rotatable bonds is 4. The SMILES string of the molecule is O=[N+]([O-])c1c(Cl)cccc1NCc1ccco1. The fourth-order valence-corrected chi connectivity index (χ4v) is 1.68. The smallest absolute Gasteiger partial charge is 0.310 e. The van der Waals surface area contributed by atoms with Gasteiger partial charge >= 0.3 is 5.69 Å². The summed E-state index contributed by atoms with van der Waals surface area (Å²) >= 11 is 5.78. The molecule has 0 radical (unpaired) electrons. The van der Waals surface area contributed by atoms with E-state index in [4.69, 9.17) is 16.0 Å². The lowest BCUT2D eigenvalue weighted by atomic mass is 10.2. The Bertz CT molecular complexity index is 526. The molecule has 0 saturated carbocycles. The molecule has 0 saturated heterocycles. The summed E-state index contributed by atoms with van der Waals surface area (Å²) in [5.41, 5.74) is 0.250. The van der Waals surface area contributed by atoms with Crippen molar-refractivity contribution in [1.29, 1.82) is 0 Å². The molecule has 88 valence electrons. The molecule has 0 unspecified atom stereocenters. The maximum Gasteiger partial charge on any atom is 0.310 e. The molecule has 1 heterocycles. The summed E-state index contributed by atoms with van der Waals surface area (Å²) in [5, 5.41) is 13.9. The molecule has 17 heavy (non-hydrogen) atoms. The predicted molar refractivity (Wildman–Crippen MR) is 64.1 cm³/mol. The molecule has 0 spiro atoms. The van der Waals surface area contributed by atoms with E-state index in [2.05, 4.69) is 5.32 Å². The molecule has 0 amide bonds. The number of nitro groups is 1. The van der Waals surface area contributed by atoms with Crippen molar-refractivity contribution in [1.82, 2.24) is 0 Å². The normalized spacial score (nSPS) is 10.2. The molecule has 1 aromatic carbocycles. The van der Waals surface area contributed by atoms with Crippen LogP contribution in [0.3, 0.4) is 0 Å². The highest BCUT2D eigenvalue weighted by Crippen LogP contribution is 2.32. The Hall–Kier alpha value is -2.01. The third-order valence-corrected chi connectivity index (χ3v) is 2.51. The van der Waals surface area contributed by atoms with Gasteiger partial charge in [0.15, 0.2) is 0 Å². The van der Waals surface area contributed by atoms with Crippen LogP contribution in [0.15, 0.2) is 41.0 Å². The van der Waals surface area contributed by atoms with Gasteiger partial charge in [-0.3, -0.25) is 10.1 Å². The average molecular weight is 253 g/mol. The van der Waals surface area contributed by atoms with Crippen LogP contribution in [0, 0.1) is 10.1 Å². The van der Waals surface area contributed by atoms with Gasteiger partial charge in [0.2, 0.25) is 0 Å². The molecule has 0 aliphatic heterocycles. The van der Waals surface area contributed by atoms with Crippen molar-refractivity contribution in [3.63, 3.8) is 0 Å². The highest BCUT2D eigenvalue weighted by atomic mass is 35.5. The molecular formula is C11H9ClN2O3. The molecule has 2 rings (SSSR count). The Morgan fingerprint density at radius 1 is 1.35 bits per heavy atom. The molecule has 0 atom stereocenters. The summed E-state index contributed by atoms with van der Waals surface area (Å²) in [4.78, 5) is 10.4. The lowest BCUT2D eigenvalue weighted by molar-refractivity contribution is -0.383. The van der Waals surface area contributed by atoms with Crippen LogP contribution < -0.4 is 5.32 Å². The number of anilines is 1. The topological polar surface area (TPSA) is 68.3 Å². The first-order valence-electron chi connectivity index (χ1n) is 4.87. The van der Waals surface area contributed by atoms with E-state index in [0.717, 1.165) is 0 Å². The first-order valence-corrected chi connectivity index (χ1v) is 5.25. The number of nitro benzene ring substituents is 1. The lowest BCUT2D eigenvalue weighted by Crippen LogP contribution is -2.02. The summed E-state index contributed by atoms with van der Waals surface area (Å²) in [6, 6.07) is 8.28. The number of halogens is 1. The second-order valence-electron chi connectivity index (χ2n) is 3.33. The van der Waals surface area contributed by atoms with Gasteiger partial charge in [0.1, 0.15) is 16.5 Å². The number of nitrogens with zero attached hydrogens (tertiary/aromatic N) is 1. The highest BCUT2D eigenvalue weighted by Gasteiger charge is 2.17. The van der Waals surface area contributed by atoms with Crippen LogP contribution in [0.5, 0.6) is 0 Å². The number of furan rings is 1. The second kappa shape index (κ2) is 4.88. The maximum atomic E-state index is 10.9. The van der Waals surface area contributed by atoms with Crippen LogP contribution in [0.25, 0.3) is 0 Å². The van der Waals surface area contributed by atoms with Crippen LogP contribution in [-0.2, 0) is 6.54 Å². The Kier molecular flexibility index (Phi) is 3.30. The average Bonchev–Trinajstić information content (AvgIpc) is 2.78. The number of hydrogen-bond donors (Lipinski definition) is 1. The zero-order valence-electron chi connectivity index (χ0n) is 8.72. The first kappa shape index (κ1) is 11.5. The monoisotopic (exact) mass is 252 g/mol. The zero-order chi connectivity index (χ0) is 12.3. The van der Waals surface area contributed by atoms with Gasteiger partial charge in [0, 0.05) is 0 Å². The minimum atomic E-state index is -0.507. The van der Waals surface area contributed by atoms with Crippen molar-refractivity contribution < 1.29 is 9.34 Å². The third kappa shape index (κ3) is 2.57. The summed E-state index contributed by atoms with van der Waals surface area (Å²) in [6.07, 6.45) is 1.55. The number of nitrogens with one attached hydrogen (secondary N) is 1. The van der Waals surface area contributed by atoms with E-state index in [1.165, 1.54) is 6.07 Å². The fourth-order valence-electron chi connectivity index (χ4n) is 1.44. The second-order valence-corrected chi connectivity index (χ2v) is 3.73. The summed E-state index contributed by atoms with van der Waals surface area (Å²) < 4.78 is 5.12. The third-order valence-electron chi connectivity index (χ3n) is 2.20. The predicted octanol–water partition coefficient (Wildman–Crippen LogP) is 3.45. The Labute approximate surface area is 102 Å². The Balaban J connectivity index is 2.21. The van der Waals surface area contributed by atoms with Gasteiger partial charge in [-0.2, -0.15) is 0 Å². The molecule has 1 N–H and O–H groups in total. The fraction of sp³-hybridized carbons (Fsp3) is 0.0909. The van der Waals surface area contributed by atoms with Crippen LogP contribution in [0.2, 0.25) is 5.02 Å². The molecular weight excluding hydrogens is 244 g/mol. The largest absolute Gasteiger partial charge is 0.467 e. The number of para-hydroxylation sites is 1. The van der Waals surface area contributed by atoms with Crippen LogP contribution >= 0.6 is 11.6 Å². The van der Waals surface area contributed by atoms with E-state index in [1.54, 1.807) is 30.5 Å². The molecule has 0 bridgehead atoms. The van der Waals surface area contributed by atoms with Crippen molar-refractivity contribution in [2.45, 2.75) is 6.54 Å². The van der Waals surface area contributed by atoms with Crippen molar-refractivity contribution in [2.24, 2.45) is 0 Å².